The van der Waals surface area contributed by atoms with Gasteiger partial charge in [-0.3, -0.25) is 14.9 Å². The fourth-order valence-electron chi connectivity index (χ4n) is 2.49. The summed E-state index contributed by atoms with van der Waals surface area (Å²) in [7, 11) is 0. The molecule has 1 aliphatic heterocycles. The highest BCUT2D eigenvalue weighted by Crippen LogP contribution is 2.28. The summed E-state index contributed by atoms with van der Waals surface area (Å²) in [6.07, 6.45) is 1.41. The van der Waals surface area contributed by atoms with Crippen LogP contribution in [0.3, 0.4) is 0 Å². The van der Waals surface area contributed by atoms with E-state index in [0.29, 0.717) is 13.0 Å². The van der Waals surface area contributed by atoms with E-state index in [4.69, 9.17) is 0 Å². The van der Waals surface area contributed by atoms with Crippen molar-refractivity contribution in [3.63, 3.8) is 0 Å². The van der Waals surface area contributed by atoms with Gasteiger partial charge in [0.2, 0.25) is 5.91 Å². The number of nitrogens with one attached hydrogen (secondary N) is 1. The minimum Gasteiger partial charge on any atom is -0.308 e. The van der Waals surface area contributed by atoms with E-state index in [2.05, 4.69) is 5.32 Å². The van der Waals surface area contributed by atoms with Crippen LogP contribution in [0.1, 0.15) is 26.7 Å². The Morgan fingerprint density at radius 1 is 1.48 bits per heavy atom. The molecule has 0 aliphatic carbocycles. The first-order valence-corrected chi connectivity index (χ1v) is 6.91. The SMILES string of the molecule is CC(C)NC1CCCN(c2cc([N+](=O)[O-])ccc2F)C1=O. The number of nitro groups is 1. The molecule has 0 spiro atoms. The van der Waals surface area contributed by atoms with Crippen molar-refractivity contribution in [2.24, 2.45) is 0 Å². The van der Waals surface area contributed by atoms with Crippen molar-refractivity contribution < 1.29 is 14.1 Å². The van der Waals surface area contributed by atoms with Crippen molar-refractivity contribution in [3.8, 4) is 0 Å². The molecule has 1 aromatic carbocycles. The van der Waals surface area contributed by atoms with Crippen molar-refractivity contribution in [2.45, 2.75) is 38.8 Å². The second-order valence-electron chi connectivity index (χ2n) is 5.40. The Morgan fingerprint density at radius 3 is 2.81 bits per heavy atom. The summed E-state index contributed by atoms with van der Waals surface area (Å²) in [5.41, 5.74) is -0.248. The summed E-state index contributed by atoms with van der Waals surface area (Å²) >= 11 is 0. The van der Waals surface area contributed by atoms with E-state index in [0.717, 1.165) is 24.6 Å². The Bertz CT molecular complexity index is 562. The van der Waals surface area contributed by atoms with Crippen molar-refractivity contribution in [1.29, 1.82) is 0 Å². The lowest BCUT2D eigenvalue weighted by atomic mass is 10.0. The van der Waals surface area contributed by atoms with E-state index in [1.54, 1.807) is 0 Å². The van der Waals surface area contributed by atoms with Crippen LogP contribution in [0.4, 0.5) is 15.8 Å². The van der Waals surface area contributed by atoms with Gasteiger partial charge < -0.3 is 10.2 Å². The summed E-state index contributed by atoms with van der Waals surface area (Å²) in [5, 5.41) is 13.9. The van der Waals surface area contributed by atoms with Gasteiger partial charge in [-0.15, -0.1) is 0 Å². The van der Waals surface area contributed by atoms with Gasteiger partial charge in [0.05, 0.1) is 16.7 Å². The fraction of sp³-hybridized carbons (Fsp3) is 0.500. The van der Waals surface area contributed by atoms with Crippen LogP contribution in [-0.2, 0) is 4.79 Å². The maximum atomic E-state index is 13.9. The first-order valence-electron chi connectivity index (χ1n) is 6.91. The number of carbonyl (C=O) groups excluding carboxylic acids is 1. The molecule has 7 heteroatoms. The van der Waals surface area contributed by atoms with Crippen LogP contribution in [0, 0.1) is 15.9 Å². The third-order valence-corrected chi connectivity index (χ3v) is 3.40. The van der Waals surface area contributed by atoms with E-state index < -0.39 is 10.7 Å². The Balaban J connectivity index is 2.30. The molecule has 114 valence electrons. The highest BCUT2D eigenvalue weighted by Gasteiger charge is 2.31. The minimum absolute atomic E-state index is 0.0237. The molecule has 1 aliphatic rings. The molecule has 1 atom stereocenters. The van der Waals surface area contributed by atoms with Gasteiger partial charge in [0.25, 0.3) is 5.69 Å². The molecule has 2 rings (SSSR count). The van der Waals surface area contributed by atoms with E-state index in [1.807, 2.05) is 13.8 Å². The topological polar surface area (TPSA) is 75.5 Å². The highest BCUT2D eigenvalue weighted by atomic mass is 19.1. The number of nitro benzene ring substituents is 1. The van der Waals surface area contributed by atoms with Crippen LogP contribution in [0.25, 0.3) is 0 Å². The molecule has 1 amide bonds. The monoisotopic (exact) mass is 295 g/mol. The third-order valence-electron chi connectivity index (χ3n) is 3.40. The smallest absolute Gasteiger partial charge is 0.271 e. The zero-order valence-corrected chi connectivity index (χ0v) is 12.0. The number of nitrogens with zero attached hydrogens (tertiary/aromatic N) is 2. The van der Waals surface area contributed by atoms with E-state index in [9.17, 15) is 19.3 Å². The average molecular weight is 295 g/mol. The fourth-order valence-corrected chi connectivity index (χ4v) is 2.49. The van der Waals surface area contributed by atoms with Gasteiger partial charge in [0.1, 0.15) is 5.82 Å². The van der Waals surface area contributed by atoms with Crippen molar-refractivity contribution in [1.82, 2.24) is 5.32 Å². The summed E-state index contributed by atoms with van der Waals surface area (Å²) < 4.78 is 13.9. The molecule has 0 radical (unpaired) electrons. The normalized spacial score (nSPS) is 19.1. The van der Waals surface area contributed by atoms with E-state index in [1.165, 1.54) is 4.90 Å². The number of hydrogen-bond acceptors (Lipinski definition) is 4. The standard InChI is InChI=1S/C14H18FN3O3/c1-9(2)16-12-4-3-7-17(14(12)19)13-8-10(18(20)21)5-6-11(13)15/h5-6,8-9,12,16H,3-4,7H2,1-2H3. The number of non-ortho nitro benzene ring substituents is 1. The molecule has 6 nitrogen and oxygen atoms in total. The Labute approximate surface area is 122 Å². The molecule has 21 heavy (non-hydrogen) atoms. The van der Waals surface area contributed by atoms with Gasteiger partial charge in [0.15, 0.2) is 0 Å². The number of amides is 1. The number of halogens is 1. The van der Waals surface area contributed by atoms with Crippen LogP contribution >= 0.6 is 0 Å². The van der Waals surface area contributed by atoms with Gasteiger partial charge in [-0.1, -0.05) is 13.8 Å². The number of piperidine rings is 1. The lowest BCUT2D eigenvalue weighted by molar-refractivity contribution is -0.384. The zero-order chi connectivity index (χ0) is 15.6. The van der Waals surface area contributed by atoms with Gasteiger partial charge in [-0.05, 0) is 18.9 Å². The van der Waals surface area contributed by atoms with Crippen molar-refractivity contribution in [2.75, 3.05) is 11.4 Å². The largest absolute Gasteiger partial charge is 0.308 e. The Kier molecular flexibility index (Phi) is 4.52. The number of rotatable bonds is 4. The van der Waals surface area contributed by atoms with Crippen LogP contribution in [0.2, 0.25) is 0 Å². The van der Waals surface area contributed by atoms with Crippen molar-refractivity contribution >= 4 is 17.3 Å². The summed E-state index contributed by atoms with van der Waals surface area (Å²) in [4.78, 5) is 23.9. The lowest BCUT2D eigenvalue weighted by Crippen LogP contribution is -2.52. The quantitative estimate of drug-likeness (QED) is 0.682. The first kappa shape index (κ1) is 15.4. The summed E-state index contributed by atoms with van der Waals surface area (Å²) in [6.45, 7) is 4.23. The second kappa shape index (κ2) is 6.17. The first-order chi connectivity index (χ1) is 9.90. The van der Waals surface area contributed by atoms with Gasteiger partial charge in [-0.25, -0.2) is 4.39 Å². The van der Waals surface area contributed by atoms with E-state index in [-0.39, 0.29) is 29.4 Å². The number of carbonyl (C=O) groups is 1. The zero-order valence-electron chi connectivity index (χ0n) is 12.0. The van der Waals surface area contributed by atoms with Gasteiger partial charge >= 0.3 is 0 Å². The molecular weight excluding hydrogens is 277 g/mol. The maximum Gasteiger partial charge on any atom is 0.271 e. The number of anilines is 1. The molecule has 1 N–H and O–H groups in total. The Morgan fingerprint density at radius 2 is 2.19 bits per heavy atom. The maximum absolute atomic E-state index is 13.9. The Hall–Kier alpha value is -2.02. The van der Waals surface area contributed by atoms with Gasteiger partial charge in [0, 0.05) is 24.7 Å². The predicted molar refractivity (Wildman–Crippen MR) is 76.7 cm³/mol. The van der Waals surface area contributed by atoms with Crippen LogP contribution in [-0.4, -0.2) is 29.5 Å². The molecule has 0 bridgehead atoms. The van der Waals surface area contributed by atoms with Crippen LogP contribution < -0.4 is 10.2 Å². The van der Waals surface area contributed by atoms with Crippen LogP contribution in [0.5, 0.6) is 0 Å². The highest BCUT2D eigenvalue weighted by molar-refractivity contribution is 5.98. The molecular formula is C14H18FN3O3. The molecule has 0 saturated carbocycles. The summed E-state index contributed by atoms with van der Waals surface area (Å²) in [6, 6.07) is 2.99. The minimum atomic E-state index is -0.626. The number of benzene rings is 1. The molecule has 1 heterocycles. The third kappa shape index (κ3) is 3.36. The van der Waals surface area contributed by atoms with E-state index >= 15 is 0 Å². The van der Waals surface area contributed by atoms with Crippen LogP contribution in [0.15, 0.2) is 18.2 Å². The molecule has 0 aromatic heterocycles. The summed E-state index contributed by atoms with van der Waals surface area (Å²) in [5.74, 6) is -0.867. The molecule has 1 unspecified atom stereocenters. The lowest BCUT2D eigenvalue weighted by Gasteiger charge is -2.33. The predicted octanol–water partition coefficient (Wildman–Crippen LogP) is 2.23. The second-order valence-corrected chi connectivity index (χ2v) is 5.40. The number of hydrogen-bond donors (Lipinski definition) is 1. The average Bonchev–Trinajstić information content (AvgIpc) is 2.41. The molecule has 1 saturated heterocycles. The molecule has 1 fully saturated rings. The van der Waals surface area contributed by atoms with Gasteiger partial charge in [-0.2, -0.15) is 0 Å². The van der Waals surface area contributed by atoms with Crippen molar-refractivity contribution in [3.05, 3.63) is 34.1 Å². The molecule has 1 aromatic rings.